The molecule has 4 nitrogen and oxygen atoms in total. The normalized spacial score (nSPS) is 9.85. The first-order valence-electron chi connectivity index (χ1n) is 5.95. The molecule has 3 N–H and O–H groups in total. The van der Waals surface area contributed by atoms with Gasteiger partial charge in [0.25, 0.3) is 5.91 Å². The molecule has 2 rings (SSSR count). The van der Waals surface area contributed by atoms with Crippen molar-refractivity contribution in [3.8, 4) is 5.75 Å². The number of thiocarbonyl (C=S) groups is 1. The average molecular weight is 286 g/mol. The Hall–Kier alpha value is -2.40. The molecule has 0 unspecified atom stereocenters. The molecule has 0 aliphatic carbocycles. The van der Waals surface area contributed by atoms with Crippen molar-refractivity contribution in [1.29, 1.82) is 0 Å². The molecule has 20 heavy (non-hydrogen) atoms. The van der Waals surface area contributed by atoms with E-state index in [0.29, 0.717) is 22.0 Å². The molecule has 102 valence electrons. The number of hydrogen-bond donors (Lipinski definition) is 2. The minimum atomic E-state index is -0.185. The monoisotopic (exact) mass is 286 g/mol. The van der Waals surface area contributed by atoms with Gasteiger partial charge in [0.1, 0.15) is 10.7 Å². The smallest absolute Gasteiger partial charge is 0.255 e. The summed E-state index contributed by atoms with van der Waals surface area (Å²) in [5, 5.41) is 2.80. The topological polar surface area (TPSA) is 64.3 Å². The van der Waals surface area contributed by atoms with Crippen molar-refractivity contribution >= 4 is 28.8 Å². The SMILES string of the molecule is COc1ccc(C(=O)Nc2ccc(C(N)=S)cc2)cc1. The Bertz CT molecular complexity index is 621. The fourth-order valence-electron chi connectivity index (χ4n) is 1.66. The van der Waals surface area contributed by atoms with Gasteiger partial charge in [-0.3, -0.25) is 4.79 Å². The zero-order valence-corrected chi connectivity index (χ0v) is 11.7. The molecule has 2 aromatic carbocycles. The van der Waals surface area contributed by atoms with Gasteiger partial charge in [0.05, 0.1) is 7.11 Å². The second-order valence-corrected chi connectivity index (χ2v) is 4.56. The summed E-state index contributed by atoms with van der Waals surface area (Å²) in [5.41, 5.74) is 7.53. The van der Waals surface area contributed by atoms with Crippen molar-refractivity contribution in [3.05, 3.63) is 59.7 Å². The molecule has 0 bridgehead atoms. The van der Waals surface area contributed by atoms with Crippen LogP contribution in [0.25, 0.3) is 0 Å². The van der Waals surface area contributed by atoms with E-state index in [4.69, 9.17) is 22.7 Å². The number of nitrogens with one attached hydrogen (secondary N) is 1. The molecule has 0 radical (unpaired) electrons. The van der Waals surface area contributed by atoms with Gasteiger partial charge in [-0.05, 0) is 48.5 Å². The lowest BCUT2D eigenvalue weighted by atomic mass is 10.1. The number of benzene rings is 2. The summed E-state index contributed by atoms with van der Waals surface area (Å²) < 4.78 is 5.05. The molecule has 0 fully saturated rings. The number of amides is 1. The average Bonchev–Trinajstić information content (AvgIpc) is 2.48. The maximum absolute atomic E-state index is 12.0. The molecule has 1 amide bonds. The van der Waals surface area contributed by atoms with Crippen molar-refractivity contribution < 1.29 is 9.53 Å². The van der Waals surface area contributed by atoms with E-state index in [-0.39, 0.29) is 5.91 Å². The van der Waals surface area contributed by atoms with Crippen LogP contribution in [0.4, 0.5) is 5.69 Å². The zero-order valence-electron chi connectivity index (χ0n) is 10.9. The van der Waals surface area contributed by atoms with E-state index in [9.17, 15) is 4.79 Å². The second-order valence-electron chi connectivity index (χ2n) is 4.12. The second kappa shape index (κ2) is 6.16. The van der Waals surface area contributed by atoms with E-state index in [2.05, 4.69) is 5.32 Å². The molecule has 0 aliphatic rings. The maximum atomic E-state index is 12.0. The molecular formula is C15H14N2O2S. The fraction of sp³-hybridized carbons (Fsp3) is 0.0667. The highest BCUT2D eigenvalue weighted by Gasteiger charge is 2.06. The van der Waals surface area contributed by atoms with E-state index in [1.54, 1.807) is 55.6 Å². The third kappa shape index (κ3) is 3.33. The van der Waals surface area contributed by atoms with Gasteiger partial charge in [-0.2, -0.15) is 0 Å². The highest BCUT2D eigenvalue weighted by atomic mass is 32.1. The Morgan fingerprint density at radius 1 is 1.05 bits per heavy atom. The highest BCUT2D eigenvalue weighted by Crippen LogP contribution is 2.14. The first-order valence-corrected chi connectivity index (χ1v) is 6.36. The van der Waals surface area contributed by atoms with E-state index in [1.807, 2.05) is 0 Å². The van der Waals surface area contributed by atoms with Crippen molar-refractivity contribution in [1.82, 2.24) is 0 Å². The molecule has 2 aromatic rings. The first-order chi connectivity index (χ1) is 9.60. The van der Waals surface area contributed by atoms with Crippen LogP contribution in [-0.2, 0) is 0 Å². The summed E-state index contributed by atoms with van der Waals surface area (Å²) >= 11 is 4.87. The van der Waals surface area contributed by atoms with Crippen LogP contribution in [0.2, 0.25) is 0 Å². The Kier molecular flexibility index (Phi) is 4.32. The molecule has 0 saturated heterocycles. The van der Waals surface area contributed by atoms with Crippen LogP contribution >= 0.6 is 12.2 Å². The standard InChI is InChI=1S/C15H14N2O2S/c1-19-13-8-4-11(5-9-13)15(18)17-12-6-2-10(3-7-12)14(16)20/h2-9H,1H3,(H2,16,20)(H,17,18). The predicted octanol–water partition coefficient (Wildman–Crippen LogP) is 2.58. The summed E-state index contributed by atoms with van der Waals surface area (Å²) in [6, 6.07) is 14.0. The lowest BCUT2D eigenvalue weighted by Gasteiger charge is -2.07. The molecule has 0 saturated carbocycles. The summed E-state index contributed by atoms with van der Waals surface area (Å²) in [7, 11) is 1.58. The van der Waals surface area contributed by atoms with Gasteiger partial charge in [0, 0.05) is 16.8 Å². The number of anilines is 1. The largest absolute Gasteiger partial charge is 0.497 e. The quantitative estimate of drug-likeness (QED) is 0.848. The number of carbonyl (C=O) groups is 1. The molecule has 0 atom stereocenters. The Morgan fingerprint density at radius 2 is 1.60 bits per heavy atom. The van der Waals surface area contributed by atoms with Crippen LogP contribution in [0.15, 0.2) is 48.5 Å². The number of rotatable bonds is 4. The zero-order chi connectivity index (χ0) is 14.5. The summed E-state index contributed by atoms with van der Waals surface area (Å²) in [6.45, 7) is 0. The number of methoxy groups -OCH3 is 1. The number of carbonyl (C=O) groups excluding carboxylic acids is 1. The van der Waals surface area contributed by atoms with Gasteiger partial charge >= 0.3 is 0 Å². The Morgan fingerprint density at radius 3 is 2.10 bits per heavy atom. The fourth-order valence-corrected chi connectivity index (χ4v) is 1.80. The Labute approximate surface area is 122 Å². The minimum Gasteiger partial charge on any atom is -0.497 e. The van der Waals surface area contributed by atoms with Crippen LogP contribution < -0.4 is 15.8 Å². The van der Waals surface area contributed by atoms with Crippen LogP contribution in [0.1, 0.15) is 15.9 Å². The lowest BCUT2D eigenvalue weighted by Crippen LogP contribution is -2.12. The predicted molar refractivity (Wildman–Crippen MR) is 83.3 cm³/mol. The van der Waals surface area contributed by atoms with E-state index in [0.717, 1.165) is 5.56 Å². The van der Waals surface area contributed by atoms with Gasteiger partial charge in [0.2, 0.25) is 0 Å². The van der Waals surface area contributed by atoms with E-state index >= 15 is 0 Å². The molecule has 5 heteroatoms. The summed E-state index contributed by atoms with van der Waals surface area (Å²) in [5.74, 6) is 0.526. The van der Waals surface area contributed by atoms with Gasteiger partial charge in [0.15, 0.2) is 0 Å². The molecule has 0 aromatic heterocycles. The number of nitrogens with two attached hydrogens (primary N) is 1. The minimum absolute atomic E-state index is 0.185. The Balaban J connectivity index is 2.08. The third-order valence-electron chi connectivity index (χ3n) is 2.78. The first kappa shape index (κ1) is 14.0. The molecule has 0 spiro atoms. The van der Waals surface area contributed by atoms with Gasteiger partial charge < -0.3 is 15.8 Å². The van der Waals surface area contributed by atoms with Crippen LogP contribution in [0, 0.1) is 0 Å². The number of hydrogen-bond acceptors (Lipinski definition) is 3. The molecular weight excluding hydrogens is 272 g/mol. The van der Waals surface area contributed by atoms with Crippen LogP contribution in [-0.4, -0.2) is 18.0 Å². The third-order valence-corrected chi connectivity index (χ3v) is 3.02. The summed E-state index contributed by atoms with van der Waals surface area (Å²) in [6.07, 6.45) is 0. The van der Waals surface area contributed by atoms with Gasteiger partial charge in [-0.1, -0.05) is 12.2 Å². The molecule has 0 aliphatic heterocycles. The number of ether oxygens (including phenoxy) is 1. The summed E-state index contributed by atoms with van der Waals surface area (Å²) in [4.78, 5) is 12.4. The maximum Gasteiger partial charge on any atom is 0.255 e. The van der Waals surface area contributed by atoms with E-state index in [1.165, 1.54) is 0 Å². The molecule has 0 heterocycles. The van der Waals surface area contributed by atoms with E-state index < -0.39 is 0 Å². The van der Waals surface area contributed by atoms with Gasteiger partial charge in [-0.25, -0.2) is 0 Å². The van der Waals surface area contributed by atoms with Gasteiger partial charge in [-0.15, -0.1) is 0 Å². The van der Waals surface area contributed by atoms with Crippen molar-refractivity contribution in [2.75, 3.05) is 12.4 Å². The van der Waals surface area contributed by atoms with Crippen LogP contribution in [0.5, 0.6) is 5.75 Å². The highest BCUT2D eigenvalue weighted by molar-refractivity contribution is 7.80. The van der Waals surface area contributed by atoms with Crippen molar-refractivity contribution in [3.63, 3.8) is 0 Å². The lowest BCUT2D eigenvalue weighted by molar-refractivity contribution is 0.102. The van der Waals surface area contributed by atoms with Crippen molar-refractivity contribution in [2.45, 2.75) is 0 Å². The van der Waals surface area contributed by atoms with Crippen molar-refractivity contribution in [2.24, 2.45) is 5.73 Å². The van der Waals surface area contributed by atoms with Crippen LogP contribution in [0.3, 0.4) is 0 Å².